The first kappa shape index (κ1) is 18.8. The summed E-state index contributed by atoms with van der Waals surface area (Å²) in [5.74, 6) is 0.417. The van der Waals surface area contributed by atoms with Crippen LogP contribution in [0.15, 0.2) is 38.3 Å². The van der Waals surface area contributed by atoms with Crippen molar-refractivity contribution >= 4 is 48.9 Å². The largest absolute Gasteiger partial charge is 0.493 e. The van der Waals surface area contributed by atoms with Crippen LogP contribution in [0.2, 0.25) is 0 Å². The number of sulfonamides is 1. The lowest BCUT2D eigenvalue weighted by molar-refractivity contribution is 0.0548. The number of piperidine rings is 1. The standard InChI is InChI=1S/C18H19BrN2O4S2/c19-16-6-7-17(26-16)27(23,24)20-12-4-5-15-14(11-12)18(22)21-9-2-1-3-13(21)8-10-25-15/h4-7,11,13,20H,1-3,8-10H2. The molecule has 6 nitrogen and oxygen atoms in total. The smallest absolute Gasteiger partial charge is 0.271 e. The maximum atomic E-state index is 13.1. The summed E-state index contributed by atoms with van der Waals surface area (Å²) in [6, 6.07) is 8.30. The van der Waals surface area contributed by atoms with Crippen LogP contribution in [0.5, 0.6) is 5.75 Å². The summed E-state index contributed by atoms with van der Waals surface area (Å²) in [7, 11) is -3.70. The van der Waals surface area contributed by atoms with E-state index in [1.165, 1.54) is 6.07 Å². The zero-order chi connectivity index (χ0) is 19.0. The molecule has 2 aromatic rings. The Kier molecular flexibility index (Phi) is 5.17. The lowest BCUT2D eigenvalue weighted by Crippen LogP contribution is -2.45. The summed E-state index contributed by atoms with van der Waals surface area (Å²) in [6.07, 6.45) is 3.94. The van der Waals surface area contributed by atoms with Crippen LogP contribution >= 0.6 is 27.3 Å². The van der Waals surface area contributed by atoms with Crippen LogP contribution in [0.25, 0.3) is 0 Å². The van der Waals surface area contributed by atoms with E-state index in [0.29, 0.717) is 23.6 Å². The van der Waals surface area contributed by atoms with Gasteiger partial charge in [0.05, 0.1) is 16.0 Å². The van der Waals surface area contributed by atoms with Gasteiger partial charge in [-0.25, -0.2) is 8.42 Å². The van der Waals surface area contributed by atoms with Crippen LogP contribution in [-0.4, -0.2) is 38.4 Å². The molecule has 1 N–H and O–H groups in total. The second-order valence-electron chi connectivity index (χ2n) is 6.66. The molecular weight excluding hydrogens is 452 g/mol. The average molecular weight is 471 g/mol. The Bertz CT molecular complexity index is 973. The molecule has 0 saturated carbocycles. The minimum Gasteiger partial charge on any atom is -0.493 e. The van der Waals surface area contributed by atoms with Crippen LogP contribution in [0.1, 0.15) is 36.0 Å². The van der Waals surface area contributed by atoms with Gasteiger partial charge in [-0.15, -0.1) is 11.3 Å². The quantitative estimate of drug-likeness (QED) is 0.732. The first-order chi connectivity index (χ1) is 12.9. The van der Waals surface area contributed by atoms with Gasteiger partial charge in [-0.3, -0.25) is 9.52 Å². The number of fused-ring (bicyclic) bond motifs is 2. The number of benzene rings is 1. The molecule has 1 amide bonds. The number of amides is 1. The molecule has 1 atom stereocenters. The number of halogens is 1. The first-order valence-corrected chi connectivity index (χ1v) is 11.9. The maximum absolute atomic E-state index is 13.1. The fourth-order valence-corrected chi connectivity index (χ4v) is 6.62. The van der Waals surface area contributed by atoms with E-state index >= 15 is 0 Å². The fourth-order valence-electron chi connectivity index (χ4n) is 3.56. The van der Waals surface area contributed by atoms with Gasteiger partial charge in [-0.2, -0.15) is 0 Å². The Labute approximate surface area is 170 Å². The lowest BCUT2D eigenvalue weighted by atomic mass is 9.97. The van der Waals surface area contributed by atoms with Gasteiger partial charge in [0.1, 0.15) is 9.96 Å². The highest BCUT2D eigenvalue weighted by Crippen LogP contribution is 2.32. The van der Waals surface area contributed by atoms with Gasteiger partial charge in [0.15, 0.2) is 0 Å². The molecule has 1 unspecified atom stereocenters. The predicted octanol–water partition coefficient (Wildman–Crippen LogP) is 4.09. The average Bonchev–Trinajstić information content (AvgIpc) is 3.08. The predicted molar refractivity (Wildman–Crippen MR) is 108 cm³/mol. The van der Waals surface area contributed by atoms with Gasteiger partial charge < -0.3 is 9.64 Å². The molecule has 1 aromatic heterocycles. The second-order valence-corrected chi connectivity index (χ2v) is 11.0. The summed E-state index contributed by atoms with van der Waals surface area (Å²) < 4.78 is 34.4. The number of nitrogens with zero attached hydrogens (tertiary/aromatic N) is 1. The number of hydrogen-bond donors (Lipinski definition) is 1. The van der Waals surface area contributed by atoms with Crippen LogP contribution < -0.4 is 9.46 Å². The van der Waals surface area contributed by atoms with E-state index in [4.69, 9.17) is 4.74 Å². The number of rotatable bonds is 3. The molecule has 2 aliphatic heterocycles. The number of carbonyl (C=O) groups excluding carboxylic acids is 1. The van der Waals surface area contributed by atoms with Crippen LogP contribution in [0.4, 0.5) is 5.69 Å². The number of hydrogen-bond acceptors (Lipinski definition) is 5. The Morgan fingerprint density at radius 2 is 2.04 bits per heavy atom. The molecule has 0 spiro atoms. The molecule has 144 valence electrons. The van der Waals surface area contributed by atoms with Crippen molar-refractivity contribution < 1.29 is 17.9 Å². The van der Waals surface area contributed by atoms with E-state index in [1.807, 2.05) is 4.90 Å². The molecule has 1 fully saturated rings. The maximum Gasteiger partial charge on any atom is 0.271 e. The molecule has 9 heteroatoms. The van der Waals surface area contributed by atoms with Crippen molar-refractivity contribution in [1.29, 1.82) is 0 Å². The SMILES string of the molecule is O=C1c2cc(NS(=O)(=O)c3ccc(Br)s3)ccc2OCCC2CCCCN12. The van der Waals surface area contributed by atoms with E-state index in [1.54, 1.807) is 24.3 Å². The Morgan fingerprint density at radius 1 is 1.19 bits per heavy atom. The Hall–Kier alpha value is -1.58. The summed E-state index contributed by atoms with van der Waals surface area (Å²) >= 11 is 4.41. The van der Waals surface area contributed by atoms with E-state index in [0.717, 1.165) is 47.4 Å². The molecule has 2 aliphatic rings. The highest BCUT2D eigenvalue weighted by Gasteiger charge is 2.31. The van der Waals surface area contributed by atoms with E-state index in [-0.39, 0.29) is 16.2 Å². The number of thiophene rings is 1. The molecule has 27 heavy (non-hydrogen) atoms. The molecule has 0 bridgehead atoms. The molecule has 1 aromatic carbocycles. The molecule has 4 rings (SSSR count). The van der Waals surface area contributed by atoms with Gasteiger partial charge in [0.25, 0.3) is 15.9 Å². The highest BCUT2D eigenvalue weighted by atomic mass is 79.9. The summed E-state index contributed by atoms with van der Waals surface area (Å²) in [5.41, 5.74) is 0.763. The van der Waals surface area contributed by atoms with Gasteiger partial charge in [-0.1, -0.05) is 0 Å². The summed E-state index contributed by atoms with van der Waals surface area (Å²) in [6.45, 7) is 1.29. The number of nitrogens with one attached hydrogen (secondary N) is 1. The van der Waals surface area contributed by atoms with Crippen molar-refractivity contribution in [3.63, 3.8) is 0 Å². The number of carbonyl (C=O) groups is 1. The van der Waals surface area contributed by atoms with Crippen molar-refractivity contribution in [2.45, 2.75) is 35.9 Å². The minimum atomic E-state index is -3.70. The summed E-state index contributed by atoms with van der Waals surface area (Å²) in [5, 5.41) is 0. The van der Waals surface area contributed by atoms with Gasteiger partial charge in [0, 0.05) is 24.7 Å². The minimum absolute atomic E-state index is 0.0886. The molecule has 1 saturated heterocycles. The summed E-state index contributed by atoms with van der Waals surface area (Å²) in [4.78, 5) is 15.0. The van der Waals surface area contributed by atoms with Gasteiger partial charge >= 0.3 is 0 Å². The third-order valence-corrected chi connectivity index (χ3v) is 8.37. The number of ether oxygens (including phenoxy) is 1. The van der Waals surface area contributed by atoms with Gasteiger partial charge in [0.2, 0.25) is 0 Å². The molecular formula is C18H19BrN2O4S2. The van der Waals surface area contributed by atoms with Crippen molar-refractivity contribution in [2.75, 3.05) is 17.9 Å². The van der Waals surface area contributed by atoms with Gasteiger partial charge in [-0.05, 0) is 65.5 Å². The fraction of sp³-hybridized carbons (Fsp3) is 0.389. The zero-order valence-electron chi connectivity index (χ0n) is 14.5. The lowest BCUT2D eigenvalue weighted by Gasteiger charge is -2.37. The van der Waals surface area contributed by atoms with Crippen molar-refractivity contribution in [3.8, 4) is 5.75 Å². The first-order valence-electron chi connectivity index (χ1n) is 8.80. The number of anilines is 1. The van der Waals surface area contributed by atoms with E-state index < -0.39 is 10.0 Å². The third kappa shape index (κ3) is 3.86. The van der Waals surface area contributed by atoms with E-state index in [9.17, 15) is 13.2 Å². The molecule has 0 aliphatic carbocycles. The third-order valence-electron chi connectivity index (χ3n) is 4.87. The Morgan fingerprint density at radius 3 is 2.81 bits per heavy atom. The normalized spacial score (nSPS) is 20.1. The zero-order valence-corrected chi connectivity index (χ0v) is 17.7. The highest BCUT2D eigenvalue weighted by molar-refractivity contribution is 9.11. The van der Waals surface area contributed by atoms with Crippen LogP contribution in [0.3, 0.4) is 0 Å². The van der Waals surface area contributed by atoms with Crippen molar-refractivity contribution in [2.24, 2.45) is 0 Å². The molecule has 3 heterocycles. The second kappa shape index (κ2) is 7.44. The Balaban J connectivity index is 1.65. The topological polar surface area (TPSA) is 75.7 Å². The van der Waals surface area contributed by atoms with Crippen LogP contribution in [0, 0.1) is 0 Å². The van der Waals surface area contributed by atoms with E-state index in [2.05, 4.69) is 20.7 Å². The van der Waals surface area contributed by atoms with Crippen LogP contribution in [-0.2, 0) is 10.0 Å². The molecule has 0 radical (unpaired) electrons. The van der Waals surface area contributed by atoms with Crippen molar-refractivity contribution in [3.05, 3.63) is 39.7 Å². The monoisotopic (exact) mass is 470 g/mol. The van der Waals surface area contributed by atoms with Crippen molar-refractivity contribution in [1.82, 2.24) is 4.90 Å².